The van der Waals surface area contributed by atoms with Crippen LogP contribution in [0.3, 0.4) is 0 Å². The summed E-state index contributed by atoms with van der Waals surface area (Å²) in [5.41, 5.74) is 5.16. The maximum Gasteiger partial charge on any atom is 0.319 e. The SMILES string of the molecule is COC(=O)CN1C2CCC1c1cnc3cc(-c4ccc(OC)cc4)nn3c1C2. The lowest BCUT2D eigenvalue weighted by Crippen LogP contribution is -2.41. The first-order valence-electron chi connectivity index (χ1n) is 9.52. The zero-order chi connectivity index (χ0) is 19.3. The summed E-state index contributed by atoms with van der Waals surface area (Å²) in [4.78, 5) is 18.7. The van der Waals surface area contributed by atoms with Gasteiger partial charge in [-0.15, -0.1) is 0 Å². The lowest BCUT2D eigenvalue weighted by atomic mass is 9.99. The third-order valence-electron chi connectivity index (χ3n) is 5.97. The van der Waals surface area contributed by atoms with Crippen molar-refractivity contribution in [2.45, 2.75) is 31.3 Å². The smallest absolute Gasteiger partial charge is 0.319 e. The van der Waals surface area contributed by atoms with E-state index in [9.17, 15) is 4.79 Å². The Morgan fingerprint density at radius 2 is 2.04 bits per heavy atom. The highest BCUT2D eigenvalue weighted by molar-refractivity contribution is 5.72. The van der Waals surface area contributed by atoms with E-state index in [4.69, 9.17) is 14.6 Å². The van der Waals surface area contributed by atoms with Gasteiger partial charge in [-0.2, -0.15) is 5.10 Å². The van der Waals surface area contributed by atoms with Crippen LogP contribution in [-0.2, 0) is 16.0 Å². The number of hydrogen-bond acceptors (Lipinski definition) is 6. The summed E-state index contributed by atoms with van der Waals surface area (Å²) in [6.45, 7) is 0.333. The highest BCUT2D eigenvalue weighted by Gasteiger charge is 2.42. The molecule has 0 amide bonds. The predicted molar refractivity (Wildman–Crippen MR) is 103 cm³/mol. The Kier molecular flexibility index (Phi) is 4.05. The van der Waals surface area contributed by atoms with E-state index in [1.54, 1.807) is 7.11 Å². The van der Waals surface area contributed by atoms with Crippen LogP contribution in [0.2, 0.25) is 0 Å². The van der Waals surface area contributed by atoms with E-state index < -0.39 is 0 Å². The maximum absolute atomic E-state index is 11.8. The molecule has 0 saturated carbocycles. The van der Waals surface area contributed by atoms with Gasteiger partial charge in [-0.25, -0.2) is 9.50 Å². The Balaban J connectivity index is 1.53. The number of rotatable bonds is 4. The lowest BCUT2D eigenvalue weighted by Gasteiger charge is -2.35. The molecule has 7 heteroatoms. The highest BCUT2D eigenvalue weighted by atomic mass is 16.5. The Hall–Kier alpha value is -2.93. The van der Waals surface area contributed by atoms with Crippen LogP contribution in [0.1, 0.15) is 30.1 Å². The number of carbonyl (C=O) groups excluding carboxylic acids is 1. The van der Waals surface area contributed by atoms with Crippen molar-refractivity contribution in [1.29, 1.82) is 0 Å². The molecule has 0 spiro atoms. The Morgan fingerprint density at radius 1 is 1.21 bits per heavy atom. The molecule has 1 fully saturated rings. The molecule has 2 aromatic heterocycles. The van der Waals surface area contributed by atoms with Gasteiger partial charge in [0, 0.05) is 41.9 Å². The zero-order valence-corrected chi connectivity index (χ0v) is 16.0. The van der Waals surface area contributed by atoms with Crippen molar-refractivity contribution >= 4 is 11.6 Å². The predicted octanol–water partition coefficient (Wildman–Crippen LogP) is 2.64. The monoisotopic (exact) mass is 378 g/mol. The summed E-state index contributed by atoms with van der Waals surface area (Å²) >= 11 is 0. The molecule has 2 aliphatic heterocycles. The molecule has 2 aliphatic rings. The standard InChI is InChI=1S/C21H22N4O3/c1-27-15-6-3-13(4-7-15)17-10-20-22-11-16-18-8-5-14(9-19(16)25(20)23-17)24(18)12-21(26)28-2/h3-4,6-7,10-11,14,18H,5,8-9,12H2,1-2H3. The number of aromatic nitrogens is 3. The Labute approximate surface area is 162 Å². The quantitative estimate of drug-likeness (QED) is 0.650. The van der Waals surface area contributed by atoms with Crippen molar-refractivity contribution in [3.8, 4) is 17.0 Å². The van der Waals surface area contributed by atoms with Crippen molar-refractivity contribution in [3.63, 3.8) is 0 Å². The van der Waals surface area contributed by atoms with Gasteiger partial charge in [-0.3, -0.25) is 9.69 Å². The molecule has 0 N–H and O–H groups in total. The molecule has 2 atom stereocenters. The molecule has 1 aromatic carbocycles. The lowest BCUT2D eigenvalue weighted by molar-refractivity contribution is -0.142. The summed E-state index contributed by atoms with van der Waals surface area (Å²) in [6, 6.07) is 10.5. The third-order valence-corrected chi connectivity index (χ3v) is 5.97. The molecule has 1 saturated heterocycles. The number of esters is 1. The molecule has 28 heavy (non-hydrogen) atoms. The fourth-order valence-corrected chi connectivity index (χ4v) is 4.55. The van der Waals surface area contributed by atoms with Crippen molar-refractivity contribution < 1.29 is 14.3 Å². The number of methoxy groups -OCH3 is 2. The molecule has 3 aromatic rings. The molecule has 0 radical (unpaired) electrons. The van der Waals surface area contributed by atoms with Crippen LogP contribution in [0.15, 0.2) is 36.5 Å². The molecule has 4 heterocycles. The van der Waals surface area contributed by atoms with Gasteiger partial charge in [0.1, 0.15) is 5.75 Å². The minimum absolute atomic E-state index is 0.185. The van der Waals surface area contributed by atoms with Crippen LogP contribution in [0.4, 0.5) is 0 Å². The molecule has 7 nitrogen and oxygen atoms in total. The second-order valence-corrected chi connectivity index (χ2v) is 7.39. The van der Waals surface area contributed by atoms with Gasteiger partial charge in [0.25, 0.3) is 0 Å². The van der Waals surface area contributed by atoms with Crippen molar-refractivity contribution in [2.24, 2.45) is 0 Å². The van der Waals surface area contributed by atoms with E-state index in [1.807, 2.05) is 41.0 Å². The Bertz CT molecular complexity index is 1040. The average Bonchev–Trinajstić information content (AvgIpc) is 3.28. The van der Waals surface area contributed by atoms with Crippen LogP contribution in [-0.4, -0.2) is 52.3 Å². The fraction of sp³-hybridized carbons (Fsp3) is 0.381. The molecule has 0 aliphatic carbocycles. The van der Waals surface area contributed by atoms with Gasteiger partial charge in [0.05, 0.1) is 32.2 Å². The molecular weight excluding hydrogens is 356 g/mol. The largest absolute Gasteiger partial charge is 0.497 e. The molecule has 2 unspecified atom stereocenters. The van der Waals surface area contributed by atoms with Gasteiger partial charge in [0.2, 0.25) is 0 Å². The second-order valence-electron chi connectivity index (χ2n) is 7.39. The molecular formula is C21H22N4O3. The van der Waals surface area contributed by atoms with E-state index in [0.717, 1.165) is 41.9 Å². The van der Waals surface area contributed by atoms with Gasteiger partial charge < -0.3 is 9.47 Å². The molecule has 2 bridgehead atoms. The van der Waals surface area contributed by atoms with Gasteiger partial charge >= 0.3 is 5.97 Å². The minimum atomic E-state index is -0.185. The van der Waals surface area contributed by atoms with E-state index in [0.29, 0.717) is 12.6 Å². The maximum atomic E-state index is 11.8. The number of benzene rings is 1. The second kappa shape index (κ2) is 6.60. The van der Waals surface area contributed by atoms with E-state index >= 15 is 0 Å². The number of hydrogen-bond donors (Lipinski definition) is 0. The summed E-state index contributed by atoms with van der Waals surface area (Å²) in [5, 5.41) is 4.85. The summed E-state index contributed by atoms with van der Waals surface area (Å²) in [6.07, 6.45) is 4.94. The first kappa shape index (κ1) is 17.2. The van der Waals surface area contributed by atoms with E-state index in [1.165, 1.54) is 18.4 Å². The average molecular weight is 378 g/mol. The van der Waals surface area contributed by atoms with E-state index in [2.05, 4.69) is 9.88 Å². The van der Waals surface area contributed by atoms with Crippen LogP contribution in [0.25, 0.3) is 16.9 Å². The molecule has 144 valence electrons. The summed E-state index contributed by atoms with van der Waals surface area (Å²) in [5.74, 6) is 0.639. The third kappa shape index (κ3) is 2.65. The van der Waals surface area contributed by atoms with Crippen LogP contribution < -0.4 is 4.74 Å². The topological polar surface area (TPSA) is 69.0 Å². The number of fused-ring (bicyclic) bond motifs is 6. The fourth-order valence-electron chi connectivity index (χ4n) is 4.55. The highest BCUT2D eigenvalue weighted by Crippen LogP contribution is 2.43. The zero-order valence-electron chi connectivity index (χ0n) is 16.0. The first-order chi connectivity index (χ1) is 13.7. The first-order valence-corrected chi connectivity index (χ1v) is 9.52. The van der Waals surface area contributed by atoms with Crippen LogP contribution >= 0.6 is 0 Å². The van der Waals surface area contributed by atoms with Gasteiger partial charge in [-0.05, 0) is 37.1 Å². The molecule has 5 rings (SSSR count). The van der Waals surface area contributed by atoms with Crippen molar-refractivity contribution in [2.75, 3.05) is 20.8 Å². The van der Waals surface area contributed by atoms with Crippen molar-refractivity contribution in [1.82, 2.24) is 19.5 Å². The number of carbonyl (C=O) groups is 1. The minimum Gasteiger partial charge on any atom is -0.497 e. The summed E-state index contributed by atoms with van der Waals surface area (Å²) < 4.78 is 12.1. The van der Waals surface area contributed by atoms with Crippen LogP contribution in [0, 0.1) is 0 Å². The number of nitrogens with zero attached hydrogens (tertiary/aromatic N) is 4. The van der Waals surface area contributed by atoms with Gasteiger partial charge in [0.15, 0.2) is 5.65 Å². The normalized spacial score (nSPS) is 20.9. The van der Waals surface area contributed by atoms with E-state index in [-0.39, 0.29) is 12.0 Å². The van der Waals surface area contributed by atoms with Gasteiger partial charge in [-0.1, -0.05) is 0 Å². The summed E-state index contributed by atoms with van der Waals surface area (Å²) in [7, 11) is 3.10. The number of ether oxygens (including phenoxy) is 2. The Morgan fingerprint density at radius 3 is 2.79 bits per heavy atom. The van der Waals surface area contributed by atoms with Crippen molar-refractivity contribution in [3.05, 3.63) is 47.8 Å². The van der Waals surface area contributed by atoms with Crippen LogP contribution in [0.5, 0.6) is 5.75 Å².